The summed E-state index contributed by atoms with van der Waals surface area (Å²) in [5.74, 6) is 0. The first-order valence-corrected chi connectivity index (χ1v) is 11.7. The second-order valence-corrected chi connectivity index (χ2v) is 8.34. The maximum absolute atomic E-state index is 6.75. The lowest BCUT2D eigenvalue weighted by Gasteiger charge is -2.16. The van der Waals surface area contributed by atoms with Crippen molar-refractivity contribution in [2.75, 3.05) is 5.32 Å². The largest absolute Gasteiger partial charge is 0.346 e. The summed E-state index contributed by atoms with van der Waals surface area (Å²) in [6.45, 7) is 0. The Hall–Kier alpha value is -4.47. The van der Waals surface area contributed by atoms with E-state index in [0.29, 0.717) is 0 Å². The Morgan fingerprint density at radius 1 is 0.600 bits per heavy atom. The molecule has 0 radical (unpaired) electrons. The molecule has 1 atom stereocenters. The van der Waals surface area contributed by atoms with E-state index in [0.717, 1.165) is 39.2 Å². The lowest BCUT2D eigenvalue weighted by Crippen LogP contribution is -2.12. The van der Waals surface area contributed by atoms with Gasteiger partial charge in [0.25, 0.3) is 0 Å². The first kappa shape index (κ1) is 22.3. The quantitative estimate of drug-likeness (QED) is 0.195. The smallest absolute Gasteiger partial charge is 0.0930 e. The summed E-state index contributed by atoms with van der Waals surface area (Å²) in [5.41, 5.74) is 15.2. The summed E-state index contributed by atoms with van der Waals surface area (Å²) in [4.78, 5) is 4.75. The fourth-order valence-electron chi connectivity index (χ4n) is 4.24. The van der Waals surface area contributed by atoms with Gasteiger partial charge in [-0.15, -0.1) is 0 Å². The third-order valence-corrected chi connectivity index (χ3v) is 6.06. The molecular weight excluding hydrogens is 426 g/mol. The summed E-state index contributed by atoms with van der Waals surface area (Å²) in [5, 5.41) is 3.36. The fraction of sp³-hybridized carbons (Fsp3) is 0.0312. The van der Waals surface area contributed by atoms with E-state index in [1.54, 1.807) is 6.34 Å². The van der Waals surface area contributed by atoms with Crippen molar-refractivity contribution >= 4 is 17.7 Å². The molecule has 0 aromatic heterocycles. The van der Waals surface area contributed by atoms with Crippen LogP contribution in [0.4, 0.5) is 11.4 Å². The average molecular weight is 454 g/mol. The normalized spacial score (nSPS) is 11.9. The average Bonchev–Trinajstić information content (AvgIpc) is 2.94. The van der Waals surface area contributed by atoms with E-state index >= 15 is 0 Å². The highest BCUT2D eigenvalue weighted by molar-refractivity contribution is 5.87. The van der Waals surface area contributed by atoms with E-state index in [2.05, 4.69) is 78.1 Å². The van der Waals surface area contributed by atoms with E-state index in [1.165, 1.54) is 5.56 Å². The predicted octanol–water partition coefficient (Wildman–Crippen LogP) is 7.84. The summed E-state index contributed by atoms with van der Waals surface area (Å²) in [6, 6.07) is 45.1. The zero-order valence-electron chi connectivity index (χ0n) is 19.4. The van der Waals surface area contributed by atoms with Crippen molar-refractivity contribution in [2.24, 2.45) is 10.7 Å². The molecule has 5 aromatic rings. The first-order chi connectivity index (χ1) is 17.3. The standard InChI is InChI=1S/C32H27N3/c33-32(27-17-11-16-26(22-27)24-12-3-1-4-13-24)29-19-8-10-21-31(29)35-23-34-30-20-9-7-18-28(30)25-14-5-2-6-15-25/h1-23,32H,33H2,(H,34,35). The number of nitrogens with one attached hydrogen (secondary N) is 1. The zero-order valence-corrected chi connectivity index (χ0v) is 19.4. The van der Waals surface area contributed by atoms with Crippen LogP contribution in [-0.4, -0.2) is 6.34 Å². The lowest BCUT2D eigenvalue weighted by molar-refractivity contribution is 0.872. The molecule has 0 aliphatic rings. The number of para-hydroxylation sites is 2. The molecule has 5 rings (SSSR count). The van der Waals surface area contributed by atoms with Gasteiger partial charge < -0.3 is 11.1 Å². The van der Waals surface area contributed by atoms with Crippen LogP contribution in [0.2, 0.25) is 0 Å². The number of benzene rings is 5. The summed E-state index contributed by atoms with van der Waals surface area (Å²) < 4.78 is 0. The van der Waals surface area contributed by atoms with Gasteiger partial charge >= 0.3 is 0 Å². The van der Waals surface area contributed by atoms with Gasteiger partial charge in [-0.05, 0) is 46.0 Å². The monoisotopic (exact) mass is 453 g/mol. The SMILES string of the molecule is NC(c1cccc(-c2ccccc2)c1)c1ccccc1/N=C/Nc1ccccc1-c1ccccc1. The Labute approximate surface area is 206 Å². The predicted molar refractivity (Wildman–Crippen MR) is 148 cm³/mol. The van der Waals surface area contributed by atoms with Crippen LogP contribution in [0.1, 0.15) is 17.2 Å². The van der Waals surface area contributed by atoms with Gasteiger partial charge in [0.05, 0.1) is 18.1 Å². The minimum absolute atomic E-state index is 0.288. The van der Waals surface area contributed by atoms with E-state index in [9.17, 15) is 0 Å². The van der Waals surface area contributed by atoms with Gasteiger partial charge in [-0.3, -0.25) is 0 Å². The van der Waals surface area contributed by atoms with E-state index < -0.39 is 0 Å². The third-order valence-electron chi connectivity index (χ3n) is 6.06. The Morgan fingerprint density at radius 3 is 2.03 bits per heavy atom. The Balaban J connectivity index is 1.39. The molecule has 3 heteroatoms. The van der Waals surface area contributed by atoms with E-state index in [1.807, 2.05) is 60.7 Å². The molecule has 0 saturated carbocycles. The number of aliphatic imine (C=N–C) groups is 1. The summed E-state index contributed by atoms with van der Waals surface area (Å²) >= 11 is 0. The molecule has 0 heterocycles. The molecule has 170 valence electrons. The van der Waals surface area contributed by atoms with Crippen LogP contribution >= 0.6 is 0 Å². The van der Waals surface area contributed by atoms with Crippen molar-refractivity contribution in [3.63, 3.8) is 0 Å². The molecule has 0 fully saturated rings. The van der Waals surface area contributed by atoms with Gasteiger partial charge in [-0.25, -0.2) is 4.99 Å². The molecule has 0 aliphatic heterocycles. The van der Waals surface area contributed by atoms with Crippen molar-refractivity contribution in [2.45, 2.75) is 6.04 Å². The van der Waals surface area contributed by atoms with Crippen molar-refractivity contribution in [1.82, 2.24) is 0 Å². The minimum Gasteiger partial charge on any atom is -0.346 e. The summed E-state index contributed by atoms with van der Waals surface area (Å²) in [6.07, 6.45) is 1.74. The van der Waals surface area contributed by atoms with E-state index in [-0.39, 0.29) is 6.04 Å². The van der Waals surface area contributed by atoms with Gasteiger partial charge in [-0.2, -0.15) is 0 Å². The molecule has 0 spiro atoms. The Morgan fingerprint density at radius 2 is 1.23 bits per heavy atom. The molecule has 3 nitrogen and oxygen atoms in total. The second kappa shape index (κ2) is 10.6. The van der Waals surface area contributed by atoms with Crippen LogP contribution in [0.25, 0.3) is 22.3 Å². The molecule has 5 aromatic carbocycles. The molecule has 0 amide bonds. The number of anilines is 1. The van der Waals surface area contributed by atoms with Crippen molar-refractivity contribution in [3.8, 4) is 22.3 Å². The highest BCUT2D eigenvalue weighted by Crippen LogP contribution is 2.31. The van der Waals surface area contributed by atoms with Gasteiger partial charge in [-0.1, -0.05) is 115 Å². The molecule has 35 heavy (non-hydrogen) atoms. The van der Waals surface area contributed by atoms with Gasteiger partial charge in [0, 0.05) is 11.3 Å². The van der Waals surface area contributed by atoms with Crippen LogP contribution in [-0.2, 0) is 0 Å². The van der Waals surface area contributed by atoms with Crippen molar-refractivity contribution in [3.05, 3.63) is 145 Å². The maximum Gasteiger partial charge on any atom is 0.0930 e. The molecule has 0 saturated heterocycles. The third kappa shape index (κ3) is 5.21. The first-order valence-electron chi connectivity index (χ1n) is 11.7. The molecule has 0 aliphatic carbocycles. The minimum atomic E-state index is -0.288. The van der Waals surface area contributed by atoms with Crippen LogP contribution in [0, 0.1) is 0 Å². The van der Waals surface area contributed by atoms with Crippen molar-refractivity contribution < 1.29 is 0 Å². The number of rotatable bonds is 7. The Bertz CT molecular complexity index is 1430. The van der Waals surface area contributed by atoms with Gasteiger partial charge in [0.15, 0.2) is 0 Å². The topological polar surface area (TPSA) is 50.4 Å². The maximum atomic E-state index is 6.75. The van der Waals surface area contributed by atoms with Crippen LogP contribution in [0.5, 0.6) is 0 Å². The Kier molecular flexibility index (Phi) is 6.79. The summed E-state index contributed by atoms with van der Waals surface area (Å²) in [7, 11) is 0. The van der Waals surface area contributed by atoms with Crippen molar-refractivity contribution in [1.29, 1.82) is 0 Å². The number of nitrogens with two attached hydrogens (primary N) is 1. The molecule has 0 bridgehead atoms. The number of hydrogen-bond acceptors (Lipinski definition) is 2. The fourth-order valence-corrected chi connectivity index (χ4v) is 4.24. The molecular formula is C32H27N3. The molecule has 3 N–H and O–H groups in total. The second-order valence-electron chi connectivity index (χ2n) is 8.34. The van der Waals surface area contributed by atoms with Gasteiger partial charge in [0.1, 0.15) is 0 Å². The van der Waals surface area contributed by atoms with Crippen LogP contribution in [0.15, 0.2) is 138 Å². The highest BCUT2D eigenvalue weighted by atomic mass is 14.9. The van der Waals surface area contributed by atoms with E-state index in [4.69, 9.17) is 10.7 Å². The highest BCUT2D eigenvalue weighted by Gasteiger charge is 2.13. The zero-order chi connectivity index (χ0) is 23.9. The molecule has 1 unspecified atom stereocenters. The number of nitrogens with zero attached hydrogens (tertiary/aromatic N) is 1. The van der Waals surface area contributed by atoms with Gasteiger partial charge in [0.2, 0.25) is 0 Å². The van der Waals surface area contributed by atoms with Crippen LogP contribution < -0.4 is 11.1 Å². The lowest BCUT2D eigenvalue weighted by atomic mass is 9.95. The van der Waals surface area contributed by atoms with Crippen LogP contribution in [0.3, 0.4) is 0 Å². The number of hydrogen-bond donors (Lipinski definition) is 2.